The van der Waals surface area contributed by atoms with Crippen LogP contribution in [0.4, 0.5) is 0 Å². The predicted molar refractivity (Wildman–Crippen MR) is 68.0 cm³/mol. The monoisotopic (exact) mass is 296 g/mol. The molecule has 0 bridgehead atoms. The third kappa shape index (κ3) is 2.77. The van der Waals surface area contributed by atoms with E-state index in [4.69, 9.17) is 4.42 Å². The van der Waals surface area contributed by atoms with Gasteiger partial charge < -0.3 is 4.42 Å². The summed E-state index contributed by atoms with van der Waals surface area (Å²) in [5, 5.41) is 0. The van der Waals surface area contributed by atoms with Crippen molar-refractivity contribution in [3.8, 4) is 0 Å². The van der Waals surface area contributed by atoms with Crippen molar-refractivity contribution in [2.24, 2.45) is 0 Å². The molecular weight excluding hydrogens is 288 g/mol. The Labute approximate surface area is 106 Å². The fourth-order valence-electron chi connectivity index (χ4n) is 1.29. The summed E-state index contributed by atoms with van der Waals surface area (Å²) >= 11 is 5.00. The van der Waals surface area contributed by atoms with Gasteiger partial charge in [0.2, 0.25) is 0 Å². The zero-order valence-corrected chi connectivity index (χ0v) is 11.0. The zero-order valence-electron chi connectivity index (χ0n) is 8.57. The van der Waals surface area contributed by atoms with Crippen LogP contribution in [0, 0.1) is 6.92 Å². The Bertz CT molecular complexity index is 563. The minimum atomic E-state index is -0.311. The van der Waals surface area contributed by atoms with Gasteiger partial charge in [0.25, 0.3) is 0 Å². The maximum Gasteiger partial charge on any atom is 0.336 e. The maximum atomic E-state index is 11.2. The highest BCUT2D eigenvalue weighted by atomic mass is 79.9. The van der Waals surface area contributed by atoms with E-state index in [9.17, 15) is 4.79 Å². The minimum absolute atomic E-state index is 0.311. The summed E-state index contributed by atoms with van der Waals surface area (Å²) in [5.41, 5.74) is -0.311. The van der Waals surface area contributed by atoms with E-state index in [1.54, 1.807) is 6.92 Å². The Morgan fingerprint density at radius 1 is 1.25 bits per heavy atom. The summed E-state index contributed by atoms with van der Waals surface area (Å²) in [5.74, 6) is 0.627. The van der Waals surface area contributed by atoms with Crippen molar-refractivity contribution < 1.29 is 4.42 Å². The third-order valence-corrected chi connectivity index (χ3v) is 3.93. The van der Waals surface area contributed by atoms with E-state index in [-0.39, 0.29) is 5.63 Å². The molecule has 1 aromatic heterocycles. The van der Waals surface area contributed by atoms with Crippen molar-refractivity contribution in [1.82, 2.24) is 0 Å². The van der Waals surface area contributed by atoms with E-state index in [1.807, 2.05) is 30.3 Å². The van der Waals surface area contributed by atoms with Gasteiger partial charge in [-0.1, -0.05) is 23.9 Å². The van der Waals surface area contributed by atoms with Gasteiger partial charge in [-0.2, -0.15) is 0 Å². The van der Waals surface area contributed by atoms with Gasteiger partial charge in [-0.15, -0.1) is 0 Å². The van der Waals surface area contributed by atoms with Crippen molar-refractivity contribution in [3.05, 3.63) is 57.1 Å². The highest BCUT2D eigenvalue weighted by Gasteiger charge is 2.03. The topological polar surface area (TPSA) is 30.2 Å². The lowest BCUT2D eigenvalue weighted by atomic mass is 10.4. The standard InChI is InChI=1S/C12H9BrO2S/c1-8-6-9(7-12(14)15-8)16-11-5-3-2-4-10(11)13/h2-7H,1H3. The molecule has 16 heavy (non-hydrogen) atoms. The van der Waals surface area contributed by atoms with Crippen molar-refractivity contribution in [1.29, 1.82) is 0 Å². The van der Waals surface area contributed by atoms with Crippen LogP contribution in [0.1, 0.15) is 5.76 Å². The second kappa shape index (κ2) is 4.89. The first kappa shape index (κ1) is 11.5. The van der Waals surface area contributed by atoms with Gasteiger partial charge in [0.1, 0.15) is 5.76 Å². The molecule has 0 N–H and O–H groups in total. The van der Waals surface area contributed by atoms with Gasteiger partial charge in [-0.3, -0.25) is 0 Å². The smallest absolute Gasteiger partial charge is 0.336 e. The van der Waals surface area contributed by atoms with Gasteiger partial charge in [-0.05, 0) is 41.1 Å². The summed E-state index contributed by atoms with van der Waals surface area (Å²) in [6, 6.07) is 11.2. The summed E-state index contributed by atoms with van der Waals surface area (Å²) in [6.45, 7) is 1.77. The van der Waals surface area contributed by atoms with Gasteiger partial charge in [0.05, 0.1) is 0 Å². The number of hydrogen-bond acceptors (Lipinski definition) is 3. The molecule has 0 radical (unpaired) electrons. The number of halogens is 1. The quantitative estimate of drug-likeness (QED) is 0.843. The molecule has 2 aromatic rings. The molecule has 2 nitrogen and oxygen atoms in total. The molecule has 0 aliphatic rings. The SMILES string of the molecule is Cc1cc(Sc2ccccc2Br)cc(=O)o1. The Hall–Kier alpha value is -1.00. The van der Waals surface area contributed by atoms with Crippen molar-refractivity contribution in [2.75, 3.05) is 0 Å². The van der Waals surface area contributed by atoms with Crippen LogP contribution in [-0.4, -0.2) is 0 Å². The lowest BCUT2D eigenvalue weighted by molar-refractivity contribution is 0.475. The average Bonchev–Trinajstić information content (AvgIpc) is 2.20. The van der Waals surface area contributed by atoms with E-state index < -0.39 is 0 Å². The fraction of sp³-hybridized carbons (Fsp3) is 0.0833. The van der Waals surface area contributed by atoms with Gasteiger partial charge in [0.15, 0.2) is 0 Å². The molecule has 0 aliphatic heterocycles. The predicted octanol–water partition coefficient (Wildman–Crippen LogP) is 3.86. The second-order valence-corrected chi connectivity index (χ2v) is 5.22. The van der Waals surface area contributed by atoms with E-state index in [0.29, 0.717) is 5.76 Å². The highest BCUT2D eigenvalue weighted by Crippen LogP contribution is 2.32. The highest BCUT2D eigenvalue weighted by molar-refractivity contribution is 9.10. The summed E-state index contributed by atoms with van der Waals surface area (Å²) in [6.07, 6.45) is 0. The van der Waals surface area contributed by atoms with E-state index in [0.717, 1.165) is 14.3 Å². The van der Waals surface area contributed by atoms with Crippen LogP contribution >= 0.6 is 27.7 Å². The molecule has 0 atom stereocenters. The maximum absolute atomic E-state index is 11.2. The number of rotatable bonds is 2. The molecule has 0 aliphatic carbocycles. The molecule has 0 saturated heterocycles. The van der Waals surface area contributed by atoms with Gasteiger partial charge >= 0.3 is 5.63 Å². The molecule has 0 amide bonds. The largest absolute Gasteiger partial charge is 0.428 e. The lowest BCUT2D eigenvalue weighted by Gasteiger charge is -2.03. The fourth-order valence-corrected chi connectivity index (χ4v) is 2.76. The van der Waals surface area contributed by atoms with Crippen LogP contribution in [-0.2, 0) is 0 Å². The molecule has 0 fully saturated rings. The van der Waals surface area contributed by atoms with Crippen molar-refractivity contribution in [2.45, 2.75) is 16.7 Å². The number of benzene rings is 1. The van der Waals surface area contributed by atoms with Crippen LogP contribution in [0.2, 0.25) is 0 Å². The van der Waals surface area contributed by atoms with Crippen molar-refractivity contribution >= 4 is 27.7 Å². The lowest BCUT2D eigenvalue weighted by Crippen LogP contribution is -1.97. The first-order valence-electron chi connectivity index (χ1n) is 4.69. The zero-order chi connectivity index (χ0) is 11.5. The first-order valence-corrected chi connectivity index (χ1v) is 6.30. The summed E-state index contributed by atoms with van der Waals surface area (Å²) in [4.78, 5) is 13.2. The Morgan fingerprint density at radius 2 is 2.00 bits per heavy atom. The summed E-state index contributed by atoms with van der Waals surface area (Å²) < 4.78 is 5.92. The number of hydrogen-bond donors (Lipinski definition) is 0. The van der Waals surface area contributed by atoms with Crippen LogP contribution in [0.3, 0.4) is 0 Å². The first-order chi connectivity index (χ1) is 7.65. The summed E-state index contributed by atoms with van der Waals surface area (Å²) in [7, 11) is 0. The molecule has 4 heteroatoms. The second-order valence-electron chi connectivity index (χ2n) is 3.26. The van der Waals surface area contributed by atoms with Gasteiger partial charge in [0, 0.05) is 20.3 Å². The minimum Gasteiger partial charge on any atom is -0.428 e. The Kier molecular flexibility index (Phi) is 3.51. The van der Waals surface area contributed by atoms with Crippen molar-refractivity contribution in [3.63, 3.8) is 0 Å². The normalized spacial score (nSPS) is 10.4. The van der Waals surface area contributed by atoms with Crippen LogP contribution < -0.4 is 5.63 Å². The van der Waals surface area contributed by atoms with E-state index in [2.05, 4.69) is 15.9 Å². The molecular formula is C12H9BrO2S. The van der Waals surface area contributed by atoms with E-state index >= 15 is 0 Å². The molecule has 0 spiro atoms. The molecule has 1 heterocycles. The Morgan fingerprint density at radius 3 is 2.69 bits per heavy atom. The van der Waals surface area contributed by atoms with Crippen LogP contribution in [0.5, 0.6) is 0 Å². The molecule has 2 rings (SSSR count). The molecule has 0 saturated carbocycles. The van der Waals surface area contributed by atoms with Crippen LogP contribution in [0.15, 0.2) is 59.9 Å². The van der Waals surface area contributed by atoms with E-state index in [1.165, 1.54) is 17.8 Å². The van der Waals surface area contributed by atoms with Crippen LogP contribution in [0.25, 0.3) is 0 Å². The third-order valence-electron chi connectivity index (χ3n) is 1.93. The molecule has 0 unspecified atom stereocenters. The average molecular weight is 297 g/mol. The van der Waals surface area contributed by atoms with Gasteiger partial charge in [-0.25, -0.2) is 4.79 Å². The molecule has 82 valence electrons. The molecule has 1 aromatic carbocycles. The Balaban J connectivity index is 2.34. The number of aryl methyl sites for hydroxylation is 1.